The van der Waals surface area contributed by atoms with Crippen LogP contribution in [0.1, 0.15) is 60.4 Å². The highest BCUT2D eigenvalue weighted by atomic mass is 19.4. The van der Waals surface area contributed by atoms with Gasteiger partial charge in [0.15, 0.2) is 0 Å². The Balaban J connectivity index is 1.37. The molecule has 6 nitrogen and oxygen atoms in total. The van der Waals surface area contributed by atoms with E-state index in [9.17, 15) is 26.7 Å². The topological polar surface area (TPSA) is 61.5 Å². The third-order valence-electron chi connectivity index (χ3n) is 6.80. The Hall–Kier alpha value is -2.85. The maximum absolute atomic E-state index is 13.7. The molecule has 11 heteroatoms. The molecule has 1 saturated carbocycles. The second-order valence-corrected chi connectivity index (χ2v) is 9.48. The standard InChI is InChI=1S/C23H25F5N4O2/c24-22(25)7-8-31(13-22)21(33)32-11-16(14-3-5-18(6-4-14)34-23(26,27)28)9-17(12-32)20-10-19(29-30-20)15-1-2-15/h3-6,10,15-17H,1-2,7-9,11-13H2,(H,29,30). The minimum Gasteiger partial charge on any atom is -0.406 e. The van der Waals surface area contributed by atoms with Gasteiger partial charge >= 0.3 is 12.4 Å². The molecule has 34 heavy (non-hydrogen) atoms. The molecule has 2 atom stereocenters. The highest BCUT2D eigenvalue weighted by molar-refractivity contribution is 5.75. The van der Waals surface area contributed by atoms with Gasteiger partial charge in [-0.25, -0.2) is 13.6 Å². The van der Waals surface area contributed by atoms with Crippen LogP contribution < -0.4 is 4.74 Å². The Kier molecular flexibility index (Phi) is 5.68. The number of carbonyl (C=O) groups is 1. The molecule has 184 valence electrons. The number of ether oxygens (including phenoxy) is 1. The molecular formula is C23H25F5N4O2. The zero-order valence-corrected chi connectivity index (χ0v) is 18.3. The molecule has 3 heterocycles. The molecule has 1 aromatic carbocycles. The van der Waals surface area contributed by atoms with Crippen LogP contribution in [0.5, 0.6) is 5.75 Å². The van der Waals surface area contributed by atoms with Gasteiger partial charge in [0, 0.05) is 49.5 Å². The number of alkyl halides is 5. The lowest BCUT2D eigenvalue weighted by Crippen LogP contribution is -2.48. The monoisotopic (exact) mass is 484 g/mol. The number of nitrogens with zero attached hydrogens (tertiary/aromatic N) is 3. The van der Waals surface area contributed by atoms with Gasteiger partial charge in [-0.2, -0.15) is 5.10 Å². The highest BCUT2D eigenvalue weighted by Crippen LogP contribution is 2.42. The van der Waals surface area contributed by atoms with Crippen molar-refractivity contribution >= 4 is 6.03 Å². The van der Waals surface area contributed by atoms with Crippen molar-refractivity contribution in [3.8, 4) is 5.75 Å². The molecule has 2 amide bonds. The minimum absolute atomic E-state index is 0.00459. The fourth-order valence-corrected chi connectivity index (χ4v) is 4.92. The van der Waals surface area contributed by atoms with Gasteiger partial charge in [0.1, 0.15) is 5.75 Å². The summed E-state index contributed by atoms with van der Waals surface area (Å²) in [7, 11) is 0. The molecule has 1 aliphatic carbocycles. The quantitative estimate of drug-likeness (QED) is 0.606. The molecule has 0 spiro atoms. The average Bonchev–Trinajstić information content (AvgIpc) is 3.39. The first-order chi connectivity index (χ1) is 16.1. The second-order valence-electron chi connectivity index (χ2n) is 9.48. The number of benzene rings is 1. The first-order valence-electron chi connectivity index (χ1n) is 11.4. The molecule has 0 radical (unpaired) electrons. The first-order valence-corrected chi connectivity index (χ1v) is 11.4. The number of urea groups is 1. The number of aromatic nitrogens is 2. The van der Waals surface area contributed by atoms with Crippen LogP contribution >= 0.6 is 0 Å². The van der Waals surface area contributed by atoms with E-state index in [4.69, 9.17) is 0 Å². The molecule has 2 saturated heterocycles. The van der Waals surface area contributed by atoms with Crippen molar-refractivity contribution in [1.29, 1.82) is 0 Å². The summed E-state index contributed by atoms with van der Waals surface area (Å²) < 4.78 is 68.9. The minimum atomic E-state index is -4.78. The number of nitrogens with one attached hydrogen (secondary N) is 1. The normalized spacial score (nSPS) is 25.0. The molecule has 2 aromatic rings. The number of rotatable bonds is 4. The predicted molar refractivity (Wildman–Crippen MR) is 112 cm³/mol. The van der Waals surface area contributed by atoms with Gasteiger partial charge in [0.05, 0.1) is 12.2 Å². The predicted octanol–water partition coefficient (Wildman–Crippen LogP) is 5.22. The van der Waals surface area contributed by atoms with Crippen LogP contribution in [0, 0.1) is 0 Å². The Morgan fingerprint density at radius 3 is 2.38 bits per heavy atom. The molecule has 0 bridgehead atoms. The van der Waals surface area contributed by atoms with Crippen LogP contribution in [-0.2, 0) is 0 Å². The lowest BCUT2D eigenvalue weighted by molar-refractivity contribution is -0.274. The number of likely N-dealkylation sites (tertiary alicyclic amines) is 2. The second kappa shape index (κ2) is 8.42. The summed E-state index contributed by atoms with van der Waals surface area (Å²) in [6.07, 6.45) is -2.29. The van der Waals surface area contributed by atoms with Gasteiger partial charge in [-0.1, -0.05) is 12.1 Å². The fraction of sp³-hybridized carbons (Fsp3) is 0.565. The van der Waals surface area contributed by atoms with E-state index in [1.165, 1.54) is 17.0 Å². The van der Waals surface area contributed by atoms with Gasteiger partial charge in [0.25, 0.3) is 5.92 Å². The van der Waals surface area contributed by atoms with Crippen LogP contribution in [0.3, 0.4) is 0 Å². The molecule has 2 aliphatic heterocycles. The molecule has 3 fully saturated rings. The first kappa shape index (κ1) is 22.9. The summed E-state index contributed by atoms with van der Waals surface area (Å²) in [5.41, 5.74) is 2.62. The van der Waals surface area contributed by atoms with Gasteiger partial charge in [0.2, 0.25) is 0 Å². The summed E-state index contributed by atoms with van der Waals surface area (Å²) >= 11 is 0. The lowest BCUT2D eigenvalue weighted by Gasteiger charge is -2.39. The Morgan fingerprint density at radius 1 is 1.06 bits per heavy atom. The number of carbonyl (C=O) groups excluding carboxylic acids is 1. The third kappa shape index (κ3) is 5.12. The van der Waals surface area contributed by atoms with E-state index in [-0.39, 0.29) is 37.1 Å². The molecule has 2 unspecified atom stereocenters. The summed E-state index contributed by atoms with van der Waals surface area (Å²) in [4.78, 5) is 15.9. The molecule has 1 N–H and O–H groups in total. The Morgan fingerprint density at radius 2 is 1.76 bits per heavy atom. The van der Waals surface area contributed by atoms with Crippen LogP contribution in [-0.4, -0.2) is 64.5 Å². The number of piperidine rings is 1. The molecule has 1 aromatic heterocycles. The van der Waals surface area contributed by atoms with Crippen LogP contribution in [0.25, 0.3) is 0 Å². The van der Waals surface area contributed by atoms with Gasteiger partial charge in [-0.3, -0.25) is 5.10 Å². The highest BCUT2D eigenvalue weighted by Gasteiger charge is 2.43. The maximum atomic E-state index is 13.7. The van der Waals surface area contributed by atoms with Crippen molar-refractivity contribution < 1.29 is 31.5 Å². The Bertz CT molecular complexity index is 1030. The largest absolute Gasteiger partial charge is 0.573 e. The summed E-state index contributed by atoms with van der Waals surface area (Å²) in [6, 6.07) is 7.18. The number of amides is 2. The van der Waals surface area contributed by atoms with E-state index in [0.29, 0.717) is 18.9 Å². The lowest BCUT2D eigenvalue weighted by atomic mass is 9.83. The molecule has 5 rings (SSSR count). The van der Waals surface area contributed by atoms with Crippen molar-refractivity contribution in [1.82, 2.24) is 20.0 Å². The summed E-state index contributed by atoms with van der Waals surface area (Å²) in [5.74, 6) is -3.05. The van der Waals surface area contributed by atoms with E-state index in [1.807, 2.05) is 6.07 Å². The smallest absolute Gasteiger partial charge is 0.406 e. The van der Waals surface area contributed by atoms with Gasteiger partial charge in [-0.15, -0.1) is 13.2 Å². The molecule has 3 aliphatic rings. The zero-order chi connectivity index (χ0) is 24.1. The van der Waals surface area contributed by atoms with Crippen molar-refractivity contribution in [3.05, 3.63) is 47.3 Å². The van der Waals surface area contributed by atoms with Crippen molar-refractivity contribution in [2.45, 2.75) is 55.7 Å². The van der Waals surface area contributed by atoms with Crippen molar-refractivity contribution in [2.24, 2.45) is 0 Å². The van der Waals surface area contributed by atoms with E-state index < -0.39 is 24.9 Å². The van der Waals surface area contributed by atoms with Crippen molar-refractivity contribution in [2.75, 3.05) is 26.2 Å². The average molecular weight is 484 g/mol. The summed E-state index contributed by atoms with van der Waals surface area (Å²) in [6.45, 7) is 0.0309. The van der Waals surface area contributed by atoms with Crippen LogP contribution in [0.2, 0.25) is 0 Å². The number of hydrogen-bond donors (Lipinski definition) is 1. The van der Waals surface area contributed by atoms with E-state index in [2.05, 4.69) is 14.9 Å². The number of hydrogen-bond acceptors (Lipinski definition) is 3. The van der Waals surface area contributed by atoms with Crippen molar-refractivity contribution in [3.63, 3.8) is 0 Å². The SMILES string of the molecule is O=C(N1CC(c2ccc(OC(F)(F)F)cc2)CC(c2cc(C3CC3)[nH]n2)C1)N1CCC(F)(F)C1. The molecular weight excluding hydrogens is 459 g/mol. The number of aromatic amines is 1. The van der Waals surface area contributed by atoms with E-state index in [1.54, 1.807) is 17.0 Å². The maximum Gasteiger partial charge on any atom is 0.573 e. The number of halogens is 5. The number of H-pyrrole nitrogens is 1. The Labute approximate surface area is 193 Å². The van der Waals surface area contributed by atoms with E-state index in [0.717, 1.165) is 29.8 Å². The zero-order valence-electron chi connectivity index (χ0n) is 18.3. The van der Waals surface area contributed by atoms with Crippen LogP contribution in [0.15, 0.2) is 30.3 Å². The van der Waals surface area contributed by atoms with E-state index >= 15 is 0 Å². The van der Waals surface area contributed by atoms with Crippen LogP contribution in [0.4, 0.5) is 26.7 Å². The summed E-state index contributed by atoms with van der Waals surface area (Å²) in [5, 5.41) is 7.53. The fourth-order valence-electron chi connectivity index (χ4n) is 4.92. The van der Waals surface area contributed by atoms with Gasteiger partial charge in [-0.05, 0) is 43.0 Å². The third-order valence-corrected chi connectivity index (χ3v) is 6.80. The van der Waals surface area contributed by atoms with Gasteiger partial charge < -0.3 is 14.5 Å².